The number of nitrogens with one attached hydrogen (secondary N) is 1. The minimum absolute atomic E-state index is 0.0146. The molecule has 1 aliphatic rings. The van der Waals surface area contributed by atoms with Gasteiger partial charge in [-0.25, -0.2) is 4.39 Å². The highest BCUT2D eigenvalue weighted by molar-refractivity contribution is 5.30. The number of rotatable bonds is 5. The van der Waals surface area contributed by atoms with Gasteiger partial charge in [0.15, 0.2) is 0 Å². The minimum Gasteiger partial charge on any atom is -0.394 e. The van der Waals surface area contributed by atoms with Crippen molar-refractivity contribution >= 4 is 0 Å². The highest BCUT2D eigenvalue weighted by Crippen LogP contribution is 2.40. The number of halogens is 4. The van der Waals surface area contributed by atoms with Gasteiger partial charge >= 0.3 is 6.18 Å². The van der Waals surface area contributed by atoms with Crippen LogP contribution < -0.4 is 5.32 Å². The second-order valence-corrected chi connectivity index (χ2v) is 5.50. The quantitative estimate of drug-likeness (QED) is 0.817. The average molecular weight is 291 g/mol. The maximum absolute atomic E-state index is 13.0. The Bertz CT molecular complexity index is 485. The lowest BCUT2D eigenvalue weighted by Crippen LogP contribution is -2.47. The standard InChI is InChI=1S/C14H17F4NO/c1-13(8-20,10-3-4-10)19-7-9-2-5-11(15)6-12(9)14(16,17)18/h2,5-6,10,19-20H,3-4,7-8H2,1H3. The molecule has 0 heterocycles. The Morgan fingerprint density at radius 3 is 2.45 bits per heavy atom. The molecule has 0 amide bonds. The zero-order valence-corrected chi connectivity index (χ0v) is 11.1. The van der Waals surface area contributed by atoms with Crippen LogP contribution in [0.5, 0.6) is 0 Å². The second-order valence-electron chi connectivity index (χ2n) is 5.50. The van der Waals surface area contributed by atoms with E-state index in [2.05, 4.69) is 5.32 Å². The SMILES string of the molecule is CC(CO)(NCc1ccc(F)cc1C(F)(F)F)C1CC1. The normalized spacial score (nSPS) is 18.9. The van der Waals surface area contributed by atoms with Gasteiger partial charge in [0.1, 0.15) is 5.82 Å². The van der Waals surface area contributed by atoms with Crippen molar-refractivity contribution in [1.82, 2.24) is 5.32 Å². The molecule has 1 aromatic rings. The third-order valence-corrected chi connectivity index (χ3v) is 3.87. The molecule has 0 saturated heterocycles. The zero-order chi connectivity index (χ0) is 15.0. The molecular weight excluding hydrogens is 274 g/mol. The van der Waals surface area contributed by atoms with E-state index >= 15 is 0 Å². The summed E-state index contributed by atoms with van der Waals surface area (Å²) < 4.78 is 51.6. The van der Waals surface area contributed by atoms with Gasteiger partial charge in [-0.15, -0.1) is 0 Å². The van der Waals surface area contributed by atoms with Gasteiger partial charge < -0.3 is 10.4 Å². The first-order chi connectivity index (χ1) is 9.26. The number of hydrogen-bond acceptors (Lipinski definition) is 2. The van der Waals surface area contributed by atoms with Crippen molar-refractivity contribution < 1.29 is 22.7 Å². The molecule has 2 rings (SSSR count). The second kappa shape index (κ2) is 5.33. The predicted octanol–water partition coefficient (Wildman–Crippen LogP) is 3.10. The lowest BCUT2D eigenvalue weighted by atomic mass is 9.96. The predicted molar refractivity (Wildman–Crippen MR) is 66.5 cm³/mol. The van der Waals surface area contributed by atoms with Gasteiger partial charge in [0, 0.05) is 12.1 Å². The molecule has 0 aromatic heterocycles. The van der Waals surface area contributed by atoms with Crippen LogP contribution in [0.2, 0.25) is 0 Å². The largest absolute Gasteiger partial charge is 0.416 e. The molecule has 1 atom stereocenters. The number of aliphatic hydroxyl groups is 1. The van der Waals surface area contributed by atoms with Crippen LogP contribution in [0.15, 0.2) is 18.2 Å². The van der Waals surface area contributed by atoms with Crippen molar-refractivity contribution in [2.75, 3.05) is 6.61 Å². The van der Waals surface area contributed by atoms with Gasteiger partial charge in [0.05, 0.1) is 12.2 Å². The fraction of sp³-hybridized carbons (Fsp3) is 0.571. The van der Waals surface area contributed by atoms with Crippen molar-refractivity contribution in [2.45, 2.75) is 38.0 Å². The zero-order valence-electron chi connectivity index (χ0n) is 11.1. The summed E-state index contributed by atoms with van der Waals surface area (Å²) in [4.78, 5) is 0. The van der Waals surface area contributed by atoms with Gasteiger partial charge in [-0.3, -0.25) is 0 Å². The fourth-order valence-electron chi connectivity index (χ4n) is 2.31. The maximum atomic E-state index is 13.0. The Morgan fingerprint density at radius 1 is 1.30 bits per heavy atom. The average Bonchev–Trinajstić information content (AvgIpc) is 3.20. The molecule has 1 unspecified atom stereocenters. The van der Waals surface area contributed by atoms with Gasteiger partial charge in [0.2, 0.25) is 0 Å². The molecule has 1 aliphatic carbocycles. The molecule has 1 saturated carbocycles. The van der Waals surface area contributed by atoms with E-state index in [1.54, 1.807) is 6.92 Å². The van der Waals surface area contributed by atoms with E-state index in [9.17, 15) is 22.7 Å². The van der Waals surface area contributed by atoms with Crippen molar-refractivity contribution in [3.05, 3.63) is 35.1 Å². The molecule has 2 nitrogen and oxygen atoms in total. The van der Waals surface area contributed by atoms with E-state index < -0.39 is 23.1 Å². The van der Waals surface area contributed by atoms with Crippen LogP contribution in [0.4, 0.5) is 17.6 Å². The van der Waals surface area contributed by atoms with E-state index in [1.807, 2.05) is 0 Å². The third kappa shape index (κ3) is 3.30. The highest BCUT2D eigenvalue weighted by atomic mass is 19.4. The van der Waals surface area contributed by atoms with Crippen molar-refractivity contribution in [3.8, 4) is 0 Å². The van der Waals surface area contributed by atoms with E-state index in [-0.39, 0.29) is 24.6 Å². The van der Waals surface area contributed by atoms with E-state index in [0.717, 1.165) is 25.0 Å². The smallest absolute Gasteiger partial charge is 0.394 e. The Morgan fingerprint density at radius 2 is 1.95 bits per heavy atom. The molecule has 1 fully saturated rings. The van der Waals surface area contributed by atoms with Crippen LogP contribution >= 0.6 is 0 Å². The van der Waals surface area contributed by atoms with Crippen molar-refractivity contribution in [1.29, 1.82) is 0 Å². The lowest BCUT2D eigenvalue weighted by Gasteiger charge is -2.29. The summed E-state index contributed by atoms with van der Waals surface area (Å²) in [6.45, 7) is 1.60. The molecule has 0 bridgehead atoms. The first-order valence-electron chi connectivity index (χ1n) is 6.48. The van der Waals surface area contributed by atoms with E-state index in [0.29, 0.717) is 6.07 Å². The Kier molecular flexibility index (Phi) is 4.07. The Hall–Kier alpha value is -1.14. The van der Waals surface area contributed by atoms with E-state index in [4.69, 9.17) is 0 Å². The van der Waals surface area contributed by atoms with Gasteiger partial charge in [0.25, 0.3) is 0 Å². The monoisotopic (exact) mass is 291 g/mol. The van der Waals surface area contributed by atoms with Crippen LogP contribution in [0.3, 0.4) is 0 Å². The summed E-state index contributed by atoms with van der Waals surface area (Å²) >= 11 is 0. The molecule has 2 N–H and O–H groups in total. The van der Waals surface area contributed by atoms with Crippen molar-refractivity contribution in [3.63, 3.8) is 0 Å². The van der Waals surface area contributed by atoms with Gasteiger partial charge in [-0.2, -0.15) is 13.2 Å². The molecule has 6 heteroatoms. The summed E-state index contributed by atoms with van der Waals surface area (Å²) in [6, 6.07) is 2.65. The maximum Gasteiger partial charge on any atom is 0.416 e. The highest BCUT2D eigenvalue weighted by Gasteiger charge is 2.41. The molecule has 20 heavy (non-hydrogen) atoms. The molecule has 0 spiro atoms. The van der Waals surface area contributed by atoms with Crippen molar-refractivity contribution in [2.24, 2.45) is 5.92 Å². The van der Waals surface area contributed by atoms with Crippen LogP contribution in [0.25, 0.3) is 0 Å². The summed E-state index contributed by atoms with van der Waals surface area (Å²) in [5, 5.41) is 12.4. The van der Waals surface area contributed by atoms with Crippen LogP contribution in [-0.4, -0.2) is 17.3 Å². The lowest BCUT2D eigenvalue weighted by molar-refractivity contribution is -0.138. The summed E-state index contributed by atoms with van der Waals surface area (Å²) in [5.74, 6) is -0.629. The van der Waals surface area contributed by atoms with Gasteiger partial charge in [-0.05, 0) is 43.4 Å². The summed E-state index contributed by atoms with van der Waals surface area (Å²) in [7, 11) is 0. The minimum atomic E-state index is -4.59. The number of alkyl halides is 3. The third-order valence-electron chi connectivity index (χ3n) is 3.87. The molecule has 112 valence electrons. The van der Waals surface area contributed by atoms with E-state index in [1.165, 1.54) is 0 Å². The molecular formula is C14H17F4NO. The first kappa shape index (κ1) is 15.3. The number of benzene rings is 1. The first-order valence-corrected chi connectivity index (χ1v) is 6.48. The molecule has 0 aliphatic heterocycles. The van der Waals surface area contributed by atoms with Crippen LogP contribution in [0.1, 0.15) is 30.9 Å². The van der Waals surface area contributed by atoms with Crippen LogP contribution in [0, 0.1) is 11.7 Å². The Balaban J connectivity index is 2.17. The fourth-order valence-corrected chi connectivity index (χ4v) is 2.31. The Labute approximate surface area is 114 Å². The number of aliphatic hydroxyl groups excluding tert-OH is 1. The molecule has 1 aromatic carbocycles. The van der Waals surface area contributed by atoms with Crippen LogP contribution in [-0.2, 0) is 12.7 Å². The summed E-state index contributed by atoms with van der Waals surface area (Å²) in [5.41, 5.74) is -1.57. The molecule has 0 radical (unpaired) electrons. The van der Waals surface area contributed by atoms with Gasteiger partial charge in [-0.1, -0.05) is 6.07 Å². The summed E-state index contributed by atoms with van der Waals surface area (Å²) in [6.07, 6.45) is -2.67. The topological polar surface area (TPSA) is 32.3 Å². The number of hydrogen-bond donors (Lipinski definition) is 2.